The standard InChI is InChI=1S/C34H41N3O4/c1-6-22-37(32(39)29(23-26-14-10-8-11-15-26)36-33(40)41-34(3,4)5)30(28-20-18-25(7-2)19-21-28)31(38)35-24-27-16-12-9-13-17-27/h6,8-21,29-30H,1,7,22-24H2,2-5H3,(H,35,38)(H,36,40). The molecule has 3 rings (SSSR count). The molecule has 41 heavy (non-hydrogen) atoms. The second-order valence-electron chi connectivity index (χ2n) is 10.9. The maximum absolute atomic E-state index is 14.3. The molecule has 0 aliphatic rings. The Morgan fingerprint density at radius 1 is 0.878 bits per heavy atom. The third-order valence-electron chi connectivity index (χ3n) is 6.45. The minimum absolute atomic E-state index is 0.0963. The summed E-state index contributed by atoms with van der Waals surface area (Å²) in [7, 11) is 0. The molecular formula is C34H41N3O4. The SMILES string of the molecule is C=CCN(C(=O)C(Cc1ccccc1)NC(=O)OC(C)(C)C)C(C(=O)NCc1ccccc1)c1ccc(CC)cc1. The summed E-state index contributed by atoms with van der Waals surface area (Å²) in [6.45, 7) is 11.6. The molecule has 7 nitrogen and oxygen atoms in total. The van der Waals surface area contributed by atoms with Gasteiger partial charge in [0, 0.05) is 19.5 Å². The second-order valence-corrected chi connectivity index (χ2v) is 10.9. The van der Waals surface area contributed by atoms with Gasteiger partial charge in [-0.25, -0.2) is 4.79 Å². The molecule has 0 radical (unpaired) electrons. The number of rotatable bonds is 12. The van der Waals surface area contributed by atoms with Crippen LogP contribution in [0.25, 0.3) is 0 Å². The van der Waals surface area contributed by atoms with Crippen LogP contribution < -0.4 is 10.6 Å². The summed E-state index contributed by atoms with van der Waals surface area (Å²) in [4.78, 5) is 42.4. The molecule has 0 heterocycles. The largest absolute Gasteiger partial charge is 0.444 e. The molecule has 3 aromatic rings. The lowest BCUT2D eigenvalue weighted by atomic mass is 9.99. The molecule has 0 aromatic heterocycles. The maximum atomic E-state index is 14.3. The molecule has 2 unspecified atom stereocenters. The summed E-state index contributed by atoms with van der Waals surface area (Å²) in [6.07, 6.45) is 1.95. The van der Waals surface area contributed by atoms with Crippen molar-refractivity contribution in [1.82, 2.24) is 15.5 Å². The first-order valence-electron chi connectivity index (χ1n) is 14.0. The van der Waals surface area contributed by atoms with Crippen molar-refractivity contribution in [2.24, 2.45) is 0 Å². The number of alkyl carbamates (subject to hydrolysis) is 1. The minimum atomic E-state index is -0.980. The summed E-state index contributed by atoms with van der Waals surface area (Å²) in [5, 5.41) is 5.76. The van der Waals surface area contributed by atoms with E-state index >= 15 is 0 Å². The average molecular weight is 556 g/mol. The molecular weight excluding hydrogens is 514 g/mol. The first-order valence-corrected chi connectivity index (χ1v) is 14.0. The predicted octanol–water partition coefficient (Wildman–Crippen LogP) is 5.76. The molecule has 2 N–H and O–H groups in total. The smallest absolute Gasteiger partial charge is 0.408 e. The van der Waals surface area contributed by atoms with Gasteiger partial charge >= 0.3 is 6.09 Å². The normalized spacial score (nSPS) is 12.5. The van der Waals surface area contributed by atoms with E-state index in [0.29, 0.717) is 12.1 Å². The van der Waals surface area contributed by atoms with Crippen molar-refractivity contribution >= 4 is 17.9 Å². The van der Waals surface area contributed by atoms with Crippen molar-refractivity contribution in [2.45, 2.75) is 64.8 Å². The highest BCUT2D eigenvalue weighted by Crippen LogP contribution is 2.24. The van der Waals surface area contributed by atoms with Crippen LogP contribution in [0.4, 0.5) is 4.79 Å². The number of hydrogen-bond donors (Lipinski definition) is 2. The van der Waals surface area contributed by atoms with E-state index in [0.717, 1.165) is 23.1 Å². The summed E-state index contributed by atoms with van der Waals surface area (Å²) < 4.78 is 5.48. The lowest BCUT2D eigenvalue weighted by Crippen LogP contribution is -2.53. The van der Waals surface area contributed by atoms with Gasteiger partial charge in [-0.2, -0.15) is 0 Å². The number of ether oxygens (including phenoxy) is 1. The number of nitrogens with zero attached hydrogens (tertiary/aromatic N) is 1. The molecule has 3 aromatic carbocycles. The fraction of sp³-hybridized carbons (Fsp3) is 0.324. The highest BCUT2D eigenvalue weighted by atomic mass is 16.6. The molecule has 0 fully saturated rings. The summed E-state index contributed by atoms with van der Waals surface area (Å²) in [5.41, 5.74) is 2.84. The highest BCUT2D eigenvalue weighted by molar-refractivity contribution is 5.92. The van der Waals surface area contributed by atoms with Crippen molar-refractivity contribution in [3.8, 4) is 0 Å². The van der Waals surface area contributed by atoms with Crippen LogP contribution >= 0.6 is 0 Å². The fourth-order valence-corrected chi connectivity index (χ4v) is 4.45. The quantitative estimate of drug-likeness (QED) is 0.278. The van der Waals surface area contributed by atoms with Gasteiger partial charge in [-0.1, -0.05) is 97.9 Å². The molecule has 0 spiro atoms. The van der Waals surface area contributed by atoms with E-state index in [-0.39, 0.29) is 18.9 Å². The molecule has 216 valence electrons. The van der Waals surface area contributed by atoms with Crippen LogP contribution in [0.1, 0.15) is 56.0 Å². The van der Waals surface area contributed by atoms with E-state index < -0.39 is 29.7 Å². The molecule has 2 atom stereocenters. The van der Waals surface area contributed by atoms with E-state index in [1.807, 2.05) is 84.9 Å². The van der Waals surface area contributed by atoms with Gasteiger partial charge < -0.3 is 20.3 Å². The average Bonchev–Trinajstić information content (AvgIpc) is 2.95. The summed E-state index contributed by atoms with van der Waals surface area (Å²) in [6, 6.07) is 24.8. The zero-order valence-electron chi connectivity index (χ0n) is 24.4. The van der Waals surface area contributed by atoms with Crippen molar-refractivity contribution < 1.29 is 19.1 Å². The van der Waals surface area contributed by atoms with E-state index in [2.05, 4.69) is 24.1 Å². The van der Waals surface area contributed by atoms with Gasteiger partial charge in [0.25, 0.3) is 0 Å². The van der Waals surface area contributed by atoms with Gasteiger partial charge in [0.15, 0.2) is 0 Å². The molecule has 7 heteroatoms. The van der Waals surface area contributed by atoms with Crippen LogP contribution in [0.5, 0.6) is 0 Å². The van der Waals surface area contributed by atoms with Crippen LogP contribution in [0.3, 0.4) is 0 Å². The Kier molecular flexibility index (Phi) is 11.3. The zero-order chi connectivity index (χ0) is 29.8. The van der Waals surface area contributed by atoms with Crippen LogP contribution in [0.2, 0.25) is 0 Å². The Hall–Kier alpha value is -4.39. The number of amides is 3. The van der Waals surface area contributed by atoms with Gasteiger partial charge in [-0.05, 0) is 49.4 Å². The van der Waals surface area contributed by atoms with E-state index in [9.17, 15) is 14.4 Å². The molecule has 0 aliphatic carbocycles. The molecule has 0 saturated carbocycles. The van der Waals surface area contributed by atoms with Crippen LogP contribution in [0.15, 0.2) is 97.6 Å². The van der Waals surface area contributed by atoms with Gasteiger partial charge in [-0.15, -0.1) is 6.58 Å². The number of carbonyl (C=O) groups excluding carboxylic acids is 3. The fourth-order valence-electron chi connectivity index (χ4n) is 4.45. The van der Waals surface area contributed by atoms with Crippen LogP contribution in [-0.4, -0.2) is 41.0 Å². The lowest BCUT2D eigenvalue weighted by Gasteiger charge is -2.34. The van der Waals surface area contributed by atoms with Crippen molar-refractivity contribution in [2.75, 3.05) is 6.54 Å². The van der Waals surface area contributed by atoms with Crippen molar-refractivity contribution in [1.29, 1.82) is 0 Å². The van der Waals surface area contributed by atoms with Gasteiger partial charge in [0.2, 0.25) is 11.8 Å². The Balaban J connectivity index is 1.99. The predicted molar refractivity (Wildman–Crippen MR) is 162 cm³/mol. The Labute approximate surface area is 243 Å². The topological polar surface area (TPSA) is 87.7 Å². The van der Waals surface area contributed by atoms with E-state index in [1.165, 1.54) is 4.90 Å². The molecule has 3 amide bonds. The highest BCUT2D eigenvalue weighted by Gasteiger charge is 2.36. The van der Waals surface area contributed by atoms with Crippen molar-refractivity contribution in [3.05, 3.63) is 120 Å². The van der Waals surface area contributed by atoms with Gasteiger partial charge in [0.05, 0.1) is 0 Å². The number of nitrogens with one attached hydrogen (secondary N) is 2. The molecule has 0 saturated heterocycles. The Bertz CT molecular complexity index is 1290. The lowest BCUT2D eigenvalue weighted by molar-refractivity contribution is -0.141. The third kappa shape index (κ3) is 9.64. The monoisotopic (exact) mass is 555 g/mol. The van der Waals surface area contributed by atoms with Crippen LogP contribution in [0, 0.1) is 0 Å². The molecule has 0 bridgehead atoms. The minimum Gasteiger partial charge on any atom is -0.444 e. The zero-order valence-corrected chi connectivity index (χ0v) is 24.4. The van der Waals surface area contributed by atoms with E-state index in [1.54, 1.807) is 26.8 Å². The van der Waals surface area contributed by atoms with Crippen molar-refractivity contribution in [3.63, 3.8) is 0 Å². The first-order chi connectivity index (χ1) is 19.6. The summed E-state index contributed by atoms with van der Waals surface area (Å²) in [5.74, 6) is -0.747. The second kappa shape index (κ2) is 14.8. The molecule has 0 aliphatic heterocycles. The first kappa shape index (κ1) is 31.1. The summed E-state index contributed by atoms with van der Waals surface area (Å²) >= 11 is 0. The number of carbonyl (C=O) groups is 3. The van der Waals surface area contributed by atoms with Crippen LogP contribution in [-0.2, 0) is 33.7 Å². The van der Waals surface area contributed by atoms with Gasteiger partial charge in [0.1, 0.15) is 17.7 Å². The van der Waals surface area contributed by atoms with E-state index in [4.69, 9.17) is 4.74 Å². The Morgan fingerprint density at radius 3 is 2.00 bits per heavy atom. The number of aryl methyl sites for hydroxylation is 1. The van der Waals surface area contributed by atoms with Gasteiger partial charge in [-0.3, -0.25) is 9.59 Å². The third-order valence-corrected chi connectivity index (χ3v) is 6.45. The Morgan fingerprint density at radius 2 is 1.46 bits per heavy atom. The number of hydrogen-bond acceptors (Lipinski definition) is 4. The number of benzene rings is 3. The maximum Gasteiger partial charge on any atom is 0.408 e.